The molecular weight excluding hydrogens is 310 g/mol. The standard InChI is InChI=1S/C22H21NO2/c24-21-7-3-4-17-11-13-18(23-22(17)21)12-8-16-9-14-20(15-10-16)25-19-5-1-2-6-19/h3-4,7-15,19,24H,1-2,5-6H2. The molecule has 1 heterocycles. The fourth-order valence-electron chi connectivity index (χ4n) is 3.28. The summed E-state index contributed by atoms with van der Waals surface area (Å²) < 4.78 is 5.99. The van der Waals surface area contributed by atoms with E-state index in [4.69, 9.17) is 4.74 Å². The third-order valence-corrected chi connectivity index (χ3v) is 4.65. The van der Waals surface area contributed by atoms with Crippen LogP contribution in [0.1, 0.15) is 36.9 Å². The maximum absolute atomic E-state index is 9.93. The van der Waals surface area contributed by atoms with Gasteiger partial charge >= 0.3 is 0 Å². The quantitative estimate of drug-likeness (QED) is 0.693. The van der Waals surface area contributed by atoms with Crippen LogP contribution in [-0.4, -0.2) is 16.2 Å². The fourth-order valence-corrected chi connectivity index (χ4v) is 3.28. The van der Waals surface area contributed by atoms with Crippen LogP contribution in [0, 0.1) is 0 Å². The maximum atomic E-state index is 9.93. The molecular formula is C22H21NO2. The molecule has 0 aliphatic heterocycles. The molecule has 1 fully saturated rings. The van der Waals surface area contributed by atoms with Crippen LogP contribution < -0.4 is 4.74 Å². The number of pyridine rings is 1. The van der Waals surface area contributed by atoms with Crippen molar-refractivity contribution < 1.29 is 9.84 Å². The van der Waals surface area contributed by atoms with E-state index in [-0.39, 0.29) is 5.75 Å². The van der Waals surface area contributed by atoms with Crippen LogP contribution in [0.15, 0.2) is 54.6 Å². The third kappa shape index (κ3) is 3.66. The van der Waals surface area contributed by atoms with Gasteiger partial charge in [-0.05, 0) is 61.6 Å². The Hall–Kier alpha value is -2.81. The molecule has 0 atom stereocenters. The summed E-state index contributed by atoms with van der Waals surface area (Å²) in [4.78, 5) is 4.51. The Balaban J connectivity index is 1.48. The molecule has 4 rings (SSSR count). The van der Waals surface area contributed by atoms with Gasteiger partial charge in [0.05, 0.1) is 11.8 Å². The first kappa shape index (κ1) is 15.7. The molecule has 1 aromatic heterocycles. The van der Waals surface area contributed by atoms with Crippen molar-refractivity contribution in [1.29, 1.82) is 0 Å². The molecule has 3 aromatic rings. The van der Waals surface area contributed by atoms with Crippen molar-refractivity contribution in [2.75, 3.05) is 0 Å². The molecule has 2 aromatic carbocycles. The molecule has 1 saturated carbocycles. The minimum absolute atomic E-state index is 0.209. The number of benzene rings is 2. The molecule has 0 unspecified atom stereocenters. The molecule has 3 heteroatoms. The minimum atomic E-state index is 0.209. The zero-order valence-corrected chi connectivity index (χ0v) is 14.1. The summed E-state index contributed by atoms with van der Waals surface area (Å²) in [7, 11) is 0. The van der Waals surface area contributed by atoms with E-state index in [2.05, 4.69) is 17.1 Å². The van der Waals surface area contributed by atoms with E-state index in [1.807, 2.05) is 48.6 Å². The number of aromatic hydroxyl groups is 1. The predicted molar refractivity (Wildman–Crippen MR) is 102 cm³/mol. The van der Waals surface area contributed by atoms with Crippen molar-refractivity contribution in [3.8, 4) is 11.5 Å². The second-order valence-corrected chi connectivity index (χ2v) is 6.51. The summed E-state index contributed by atoms with van der Waals surface area (Å²) >= 11 is 0. The first-order chi connectivity index (χ1) is 12.3. The van der Waals surface area contributed by atoms with E-state index in [9.17, 15) is 5.11 Å². The van der Waals surface area contributed by atoms with Gasteiger partial charge in [-0.15, -0.1) is 0 Å². The number of hydrogen-bond acceptors (Lipinski definition) is 3. The summed E-state index contributed by atoms with van der Waals surface area (Å²) in [5.41, 5.74) is 2.54. The van der Waals surface area contributed by atoms with Crippen LogP contribution in [-0.2, 0) is 0 Å². The number of hydrogen-bond donors (Lipinski definition) is 1. The number of phenols is 1. The highest BCUT2D eigenvalue weighted by Crippen LogP contribution is 2.25. The maximum Gasteiger partial charge on any atom is 0.141 e. The van der Waals surface area contributed by atoms with E-state index in [1.54, 1.807) is 6.07 Å². The zero-order chi connectivity index (χ0) is 17.1. The van der Waals surface area contributed by atoms with Gasteiger partial charge in [-0.2, -0.15) is 0 Å². The minimum Gasteiger partial charge on any atom is -0.506 e. The van der Waals surface area contributed by atoms with E-state index in [1.165, 1.54) is 25.7 Å². The van der Waals surface area contributed by atoms with Gasteiger partial charge in [0.15, 0.2) is 0 Å². The molecule has 0 amide bonds. The molecule has 1 aliphatic carbocycles. The Morgan fingerprint density at radius 3 is 2.52 bits per heavy atom. The molecule has 0 saturated heterocycles. The number of ether oxygens (including phenoxy) is 1. The van der Waals surface area contributed by atoms with Crippen LogP contribution >= 0.6 is 0 Å². The average molecular weight is 331 g/mol. The number of para-hydroxylation sites is 1. The lowest BCUT2D eigenvalue weighted by Gasteiger charge is -2.12. The Morgan fingerprint density at radius 1 is 0.920 bits per heavy atom. The highest BCUT2D eigenvalue weighted by Gasteiger charge is 2.16. The SMILES string of the molecule is Oc1cccc2ccc(C=Cc3ccc(OC4CCCC4)cc3)nc12. The van der Waals surface area contributed by atoms with Crippen molar-refractivity contribution in [3.63, 3.8) is 0 Å². The summed E-state index contributed by atoms with van der Waals surface area (Å²) in [6.07, 6.45) is 9.26. The topological polar surface area (TPSA) is 42.4 Å². The summed E-state index contributed by atoms with van der Waals surface area (Å²) in [6.45, 7) is 0. The number of fused-ring (bicyclic) bond motifs is 1. The van der Waals surface area contributed by atoms with Gasteiger partial charge in [0.2, 0.25) is 0 Å². The van der Waals surface area contributed by atoms with Crippen LogP contribution in [0.25, 0.3) is 23.1 Å². The van der Waals surface area contributed by atoms with Crippen molar-refractivity contribution in [2.45, 2.75) is 31.8 Å². The van der Waals surface area contributed by atoms with E-state index in [0.717, 1.165) is 22.4 Å². The first-order valence-corrected chi connectivity index (χ1v) is 8.81. The zero-order valence-electron chi connectivity index (χ0n) is 14.1. The highest BCUT2D eigenvalue weighted by atomic mass is 16.5. The average Bonchev–Trinajstić information content (AvgIpc) is 3.15. The summed E-state index contributed by atoms with van der Waals surface area (Å²) in [6, 6.07) is 17.5. The van der Waals surface area contributed by atoms with Gasteiger partial charge in [0.25, 0.3) is 0 Å². The van der Waals surface area contributed by atoms with Crippen molar-refractivity contribution >= 4 is 23.1 Å². The fraction of sp³-hybridized carbons (Fsp3) is 0.227. The monoisotopic (exact) mass is 331 g/mol. The summed E-state index contributed by atoms with van der Waals surface area (Å²) in [5.74, 6) is 1.15. The van der Waals surface area contributed by atoms with Gasteiger partial charge in [0, 0.05) is 5.39 Å². The number of phenolic OH excluding ortho intramolecular Hbond substituents is 1. The second-order valence-electron chi connectivity index (χ2n) is 6.51. The largest absolute Gasteiger partial charge is 0.506 e. The van der Waals surface area contributed by atoms with Crippen molar-refractivity contribution in [1.82, 2.24) is 4.98 Å². The van der Waals surface area contributed by atoms with Gasteiger partial charge < -0.3 is 9.84 Å². The van der Waals surface area contributed by atoms with Gasteiger partial charge in [-0.1, -0.05) is 36.4 Å². The lowest BCUT2D eigenvalue weighted by molar-refractivity contribution is 0.210. The van der Waals surface area contributed by atoms with Crippen LogP contribution in [0.3, 0.4) is 0 Å². The number of rotatable bonds is 4. The predicted octanol–water partition coefficient (Wildman–Crippen LogP) is 5.43. The number of aromatic nitrogens is 1. The lowest BCUT2D eigenvalue weighted by Crippen LogP contribution is -2.10. The third-order valence-electron chi connectivity index (χ3n) is 4.65. The first-order valence-electron chi connectivity index (χ1n) is 8.81. The van der Waals surface area contributed by atoms with Crippen LogP contribution in [0.5, 0.6) is 11.5 Å². The molecule has 0 radical (unpaired) electrons. The van der Waals surface area contributed by atoms with Crippen LogP contribution in [0.2, 0.25) is 0 Å². The smallest absolute Gasteiger partial charge is 0.141 e. The van der Waals surface area contributed by atoms with E-state index >= 15 is 0 Å². The van der Waals surface area contributed by atoms with Gasteiger partial charge in [0.1, 0.15) is 17.0 Å². The molecule has 25 heavy (non-hydrogen) atoms. The molecule has 0 spiro atoms. The Labute approximate surface area is 147 Å². The molecule has 0 bridgehead atoms. The summed E-state index contributed by atoms with van der Waals surface area (Å²) in [5, 5.41) is 10.9. The van der Waals surface area contributed by atoms with Crippen LogP contribution in [0.4, 0.5) is 0 Å². The van der Waals surface area contributed by atoms with E-state index in [0.29, 0.717) is 11.6 Å². The molecule has 1 aliphatic rings. The number of nitrogens with zero attached hydrogens (tertiary/aromatic N) is 1. The Kier molecular flexibility index (Phi) is 4.38. The molecule has 126 valence electrons. The van der Waals surface area contributed by atoms with Crippen molar-refractivity contribution in [2.24, 2.45) is 0 Å². The normalized spacial score (nSPS) is 15.2. The highest BCUT2D eigenvalue weighted by molar-refractivity contribution is 5.85. The Bertz CT molecular complexity index is 894. The van der Waals surface area contributed by atoms with Gasteiger partial charge in [-0.25, -0.2) is 4.98 Å². The lowest BCUT2D eigenvalue weighted by atomic mass is 10.1. The second kappa shape index (κ2) is 6.98. The Morgan fingerprint density at radius 2 is 1.72 bits per heavy atom. The van der Waals surface area contributed by atoms with Gasteiger partial charge in [-0.3, -0.25) is 0 Å². The van der Waals surface area contributed by atoms with E-state index < -0.39 is 0 Å². The molecule has 3 nitrogen and oxygen atoms in total. The van der Waals surface area contributed by atoms with Crippen molar-refractivity contribution in [3.05, 3.63) is 65.9 Å². The molecule has 1 N–H and O–H groups in total.